The molecular weight excluding hydrogens is 405 g/mol. The second-order valence-electron chi connectivity index (χ2n) is 6.42. The van der Waals surface area contributed by atoms with Crippen molar-refractivity contribution in [1.29, 1.82) is 0 Å². The molecule has 1 saturated heterocycles. The Morgan fingerprint density at radius 3 is 3.04 bits per heavy atom. The average Bonchev–Trinajstić information content (AvgIpc) is 2.69. The van der Waals surface area contributed by atoms with Crippen LogP contribution in [0.2, 0.25) is 10.0 Å². The predicted molar refractivity (Wildman–Crippen MR) is 112 cm³/mol. The number of morpholine rings is 1. The van der Waals surface area contributed by atoms with Gasteiger partial charge in [0.15, 0.2) is 0 Å². The fourth-order valence-electron chi connectivity index (χ4n) is 2.91. The molecule has 2 N–H and O–H groups in total. The van der Waals surface area contributed by atoms with E-state index in [0.717, 1.165) is 36.6 Å². The maximum Gasteiger partial charge on any atom is 0.230 e. The summed E-state index contributed by atoms with van der Waals surface area (Å²) in [6, 6.07) is 5.71. The molecule has 0 aliphatic carbocycles. The quantitative estimate of drug-likeness (QED) is 0.700. The van der Waals surface area contributed by atoms with Crippen molar-refractivity contribution in [3.63, 3.8) is 0 Å². The minimum atomic E-state index is -0.00605. The number of carbonyl (C=O) groups excluding carboxylic acids is 1. The summed E-state index contributed by atoms with van der Waals surface area (Å²) in [6.45, 7) is 4.40. The lowest BCUT2D eigenvalue weighted by Crippen LogP contribution is -2.47. The summed E-state index contributed by atoms with van der Waals surface area (Å²) in [6.07, 6.45) is 5.95. The molecule has 0 unspecified atom stereocenters. The normalized spacial score (nSPS) is 20.1. The van der Waals surface area contributed by atoms with Crippen LogP contribution in [-0.2, 0) is 16.1 Å². The summed E-state index contributed by atoms with van der Waals surface area (Å²) in [5, 5.41) is 7.21. The van der Waals surface area contributed by atoms with Gasteiger partial charge in [-0.05, 0) is 30.0 Å². The average molecular weight is 428 g/mol. The number of hydrogen-bond acceptors (Lipinski definition) is 5. The first kappa shape index (κ1) is 20.6. The zero-order valence-corrected chi connectivity index (χ0v) is 17.2. The Labute approximate surface area is 174 Å². The number of dihydropyridines is 1. The van der Waals surface area contributed by atoms with Gasteiger partial charge in [-0.3, -0.25) is 9.69 Å². The van der Waals surface area contributed by atoms with Crippen molar-refractivity contribution in [1.82, 2.24) is 15.5 Å². The zero-order valence-electron chi connectivity index (χ0n) is 14.9. The summed E-state index contributed by atoms with van der Waals surface area (Å²) in [7, 11) is 0. The number of hydrogen-bond donors (Lipinski definition) is 2. The second-order valence-corrected chi connectivity index (χ2v) is 8.28. The van der Waals surface area contributed by atoms with E-state index in [9.17, 15) is 4.79 Å². The highest BCUT2D eigenvalue weighted by atomic mass is 35.5. The van der Waals surface area contributed by atoms with Crippen molar-refractivity contribution in [2.45, 2.75) is 12.6 Å². The van der Waals surface area contributed by atoms with Gasteiger partial charge in [0.1, 0.15) is 0 Å². The molecule has 0 bridgehead atoms. The number of nitrogens with zero attached hydrogens (tertiary/aromatic N) is 1. The molecule has 27 heavy (non-hydrogen) atoms. The SMILES string of the molecule is O=C(CSC1=CCNC=C1)NC[C@H]1CN(Cc2ccc(Cl)c(Cl)c2)CCO1. The number of ether oxygens (including phenoxy) is 1. The van der Waals surface area contributed by atoms with Crippen LogP contribution in [0.1, 0.15) is 5.56 Å². The van der Waals surface area contributed by atoms with Crippen LogP contribution in [0.25, 0.3) is 0 Å². The lowest BCUT2D eigenvalue weighted by molar-refractivity contribution is -0.119. The minimum absolute atomic E-state index is 0.00605. The first-order valence-electron chi connectivity index (χ1n) is 8.87. The molecule has 146 valence electrons. The van der Waals surface area contributed by atoms with Crippen molar-refractivity contribution < 1.29 is 9.53 Å². The smallest absolute Gasteiger partial charge is 0.230 e. The molecule has 2 aliphatic rings. The van der Waals surface area contributed by atoms with Crippen LogP contribution in [0.15, 0.2) is 41.5 Å². The summed E-state index contributed by atoms with van der Waals surface area (Å²) >= 11 is 13.6. The van der Waals surface area contributed by atoms with Crippen LogP contribution < -0.4 is 10.6 Å². The third kappa shape index (κ3) is 6.73. The third-order valence-electron chi connectivity index (χ3n) is 4.30. The Hall–Kier alpha value is -1.18. The molecule has 0 saturated carbocycles. The molecule has 1 fully saturated rings. The van der Waals surface area contributed by atoms with Gasteiger partial charge in [0, 0.05) is 37.6 Å². The van der Waals surface area contributed by atoms with Gasteiger partial charge in [-0.25, -0.2) is 0 Å². The van der Waals surface area contributed by atoms with E-state index in [-0.39, 0.29) is 12.0 Å². The maximum absolute atomic E-state index is 12.1. The topological polar surface area (TPSA) is 53.6 Å². The van der Waals surface area contributed by atoms with Crippen molar-refractivity contribution >= 4 is 40.9 Å². The maximum atomic E-state index is 12.1. The molecule has 3 rings (SSSR count). The molecule has 0 aromatic heterocycles. The molecule has 2 heterocycles. The lowest BCUT2D eigenvalue weighted by Gasteiger charge is -2.33. The number of rotatable bonds is 7. The zero-order chi connectivity index (χ0) is 19.1. The molecule has 8 heteroatoms. The van der Waals surface area contributed by atoms with E-state index in [4.69, 9.17) is 27.9 Å². The van der Waals surface area contributed by atoms with Gasteiger partial charge in [-0.2, -0.15) is 0 Å². The molecule has 1 atom stereocenters. The van der Waals surface area contributed by atoms with Crippen LogP contribution in [0.4, 0.5) is 0 Å². The molecular formula is C19H23Cl2N3O2S. The van der Waals surface area contributed by atoms with E-state index in [2.05, 4.69) is 21.6 Å². The predicted octanol–water partition coefficient (Wildman–Crippen LogP) is 3.04. The van der Waals surface area contributed by atoms with E-state index >= 15 is 0 Å². The number of amides is 1. The summed E-state index contributed by atoms with van der Waals surface area (Å²) in [5.74, 6) is 0.439. The first-order valence-corrected chi connectivity index (χ1v) is 10.6. The Morgan fingerprint density at radius 1 is 1.37 bits per heavy atom. The van der Waals surface area contributed by atoms with Crippen molar-refractivity contribution in [3.05, 3.63) is 57.1 Å². The van der Waals surface area contributed by atoms with Crippen molar-refractivity contribution in [2.75, 3.05) is 38.5 Å². The van der Waals surface area contributed by atoms with Gasteiger partial charge in [0.05, 0.1) is 28.5 Å². The standard InChI is InChI=1S/C19H23Cl2N3O2S/c20-17-2-1-14(9-18(17)21)11-24-7-8-26-15(12-24)10-23-19(25)13-27-16-3-5-22-6-4-16/h1-5,9,15,22H,6-8,10-13H2,(H,23,25)/t15-/m0/s1. The van der Waals surface area contributed by atoms with E-state index in [1.165, 1.54) is 0 Å². The molecule has 0 radical (unpaired) electrons. The number of thioether (sulfide) groups is 1. The van der Waals surface area contributed by atoms with Crippen LogP contribution in [0.5, 0.6) is 0 Å². The Kier molecular flexibility index (Phi) is 7.91. The first-order chi connectivity index (χ1) is 13.1. The van der Waals surface area contributed by atoms with Gasteiger partial charge in [0.25, 0.3) is 0 Å². The summed E-state index contributed by atoms with van der Waals surface area (Å²) in [5.41, 5.74) is 1.12. The number of allylic oxidation sites excluding steroid dienone is 1. The van der Waals surface area contributed by atoms with Crippen molar-refractivity contribution in [2.24, 2.45) is 0 Å². The van der Waals surface area contributed by atoms with E-state index in [1.807, 2.05) is 30.5 Å². The van der Waals surface area contributed by atoms with Crippen LogP contribution in [-0.4, -0.2) is 55.4 Å². The largest absolute Gasteiger partial charge is 0.387 e. The van der Waals surface area contributed by atoms with E-state index in [1.54, 1.807) is 11.8 Å². The van der Waals surface area contributed by atoms with Crippen LogP contribution >= 0.6 is 35.0 Å². The molecule has 2 aliphatic heterocycles. The molecule has 1 amide bonds. The second kappa shape index (κ2) is 10.4. The monoisotopic (exact) mass is 427 g/mol. The Bertz CT molecular complexity index is 727. The molecule has 0 spiro atoms. The van der Waals surface area contributed by atoms with E-state index < -0.39 is 0 Å². The minimum Gasteiger partial charge on any atom is -0.387 e. The molecule has 5 nitrogen and oxygen atoms in total. The highest BCUT2D eigenvalue weighted by molar-refractivity contribution is 8.03. The fraction of sp³-hybridized carbons (Fsp3) is 0.421. The highest BCUT2D eigenvalue weighted by Gasteiger charge is 2.21. The van der Waals surface area contributed by atoms with Gasteiger partial charge in [-0.15, -0.1) is 11.8 Å². The third-order valence-corrected chi connectivity index (χ3v) is 6.08. The number of benzene rings is 1. The van der Waals surface area contributed by atoms with Gasteiger partial charge in [0.2, 0.25) is 5.91 Å². The number of nitrogens with one attached hydrogen (secondary N) is 2. The van der Waals surface area contributed by atoms with Gasteiger partial charge in [-0.1, -0.05) is 35.3 Å². The summed E-state index contributed by atoms with van der Waals surface area (Å²) < 4.78 is 5.79. The Morgan fingerprint density at radius 2 is 2.26 bits per heavy atom. The van der Waals surface area contributed by atoms with Gasteiger partial charge >= 0.3 is 0 Å². The molecule has 1 aromatic rings. The number of carbonyl (C=O) groups is 1. The lowest BCUT2D eigenvalue weighted by atomic mass is 10.2. The van der Waals surface area contributed by atoms with E-state index in [0.29, 0.717) is 28.9 Å². The van der Waals surface area contributed by atoms with Crippen LogP contribution in [0.3, 0.4) is 0 Å². The van der Waals surface area contributed by atoms with Crippen molar-refractivity contribution in [3.8, 4) is 0 Å². The number of halogens is 2. The van der Waals surface area contributed by atoms with Crippen LogP contribution in [0, 0.1) is 0 Å². The molecule has 1 aromatic carbocycles. The Balaban J connectivity index is 1.40. The highest BCUT2D eigenvalue weighted by Crippen LogP contribution is 2.23. The fourth-order valence-corrected chi connectivity index (χ4v) is 4.00. The summed E-state index contributed by atoms with van der Waals surface area (Å²) in [4.78, 5) is 15.5. The van der Waals surface area contributed by atoms with Gasteiger partial charge < -0.3 is 15.4 Å².